The lowest BCUT2D eigenvalue weighted by Crippen LogP contribution is -2.40. The average molecular weight is 304 g/mol. The summed E-state index contributed by atoms with van der Waals surface area (Å²) in [7, 11) is 1.69. The summed E-state index contributed by atoms with van der Waals surface area (Å²) in [6, 6.07) is 9.37. The van der Waals surface area contributed by atoms with Gasteiger partial charge in [-0.2, -0.15) is 0 Å². The Morgan fingerprint density at radius 3 is 3.05 bits per heavy atom. The van der Waals surface area contributed by atoms with Gasteiger partial charge in [0.05, 0.1) is 6.54 Å². The number of amides is 2. The number of furan rings is 1. The molecule has 6 heteroatoms. The van der Waals surface area contributed by atoms with Crippen molar-refractivity contribution in [1.82, 2.24) is 10.4 Å². The van der Waals surface area contributed by atoms with Crippen LogP contribution in [0.5, 0.6) is 0 Å². The van der Waals surface area contributed by atoms with Gasteiger partial charge in [-0.3, -0.25) is 0 Å². The minimum absolute atomic E-state index is 0.324. The van der Waals surface area contributed by atoms with Gasteiger partial charge in [0.2, 0.25) is 0 Å². The Morgan fingerprint density at radius 1 is 1.41 bits per heavy atom. The molecule has 1 saturated heterocycles. The second-order valence-electron chi connectivity index (χ2n) is 5.43. The van der Waals surface area contributed by atoms with Gasteiger partial charge >= 0.3 is 6.03 Å². The Labute approximate surface area is 128 Å². The minimum Gasteiger partial charge on any atom is -0.459 e. The van der Waals surface area contributed by atoms with E-state index in [1.54, 1.807) is 7.05 Å². The van der Waals surface area contributed by atoms with E-state index in [-0.39, 0.29) is 12.3 Å². The third-order valence-electron chi connectivity index (χ3n) is 3.63. The molecule has 2 amide bonds. The fourth-order valence-electron chi connectivity index (χ4n) is 2.42. The van der Waals surface area contributed by atoms with Crippen LogP contribution in [0.1, 0.15) is 25.0 Å². The summed E-state index contributed by atoms with van der Waals surface area (Å²) in [4.78, 5) is 18.8. The van der Waals surface area contributed by atoms with Crippen molar-refractivity contribution in [2.75, 3.05) is 13.7 Å². The van der Waals surface area contributed by atoms with Crippen molar-refractivity contribution in [3.63, 3.8) is 0 Å². The highest BCUT2D eigenvalue weighted by Gasteiger charge is 2.17. The van der Waals surface area contributed by atoms with Gasteiger partial charge in [-0.05, 0) is 25.0 Å². The van der Waals surface area contributed by atoms with Gasteiger partial charge in [-0.15, -0.1) is 0 Å². The molecule has 118 valence electrons. The summed E-state index contributed by atoms with van der Waals surface area (Å²) < 4.78 is 11.1. The molecular weight excluding hydrogens is 284 g/mol. The summed E-state index contributed by atoms with van der Waals surface area (Å²) in [5.74, 6) is 0.729. The molecule has 0 aliphatic carbocycles. The summed E-state index contributed by atoms with van der Waals surface area (Å²) in [6.45, 7) is 1.05. The van der Waals surface area contributed by atoms with Crippen LogP contribution in [0.2, 0.25) is 0 Å². The Morgan fingerprint density at radius 2 is 2.27 bits per heavy atom. The van der Waals surface area contributed by atoms with Gasteiger partial charge in [0.1, 0.15) is 11.3 Å². The predicted octanol–water partition coefficient (Wildman–Crippen LogP) is 3.03. The van der Waals surface area contributed by atoms with Crippen molar-refractivity contribution in [3.8, 4) is 0 Å². The number of carbonyl (C=O) groups is 1. The number of benzene rings is 1. The highest BCUT2D eigenvalue weighted by Crippen LogP contribution is 2.19. The lowest BCUT2D eigenvalue weighted by Gasteiger charge is -2.23. The number of hydrogen-bond acceptors (Lipinski definition) is 4. The van der Waals surface area contributed by atoms with Crippen molar-refractivity contribution >= 4 is 17.0 Å². The summed E-state index contributed by atoms with van der Waals surface area (Å²) in [5, 5.41) is 1.03. The maximum atomic E-state index is 12.0. The van der Waals surface area contributed by atoms with Crippen LogP contribution in [-0.2, 0) is 16.1 Å². The molecule has 6 nitrogen and oxygen atoms in total. The van der Waals surface area contributed by atoms with Gasteiger partial charge in [0.15, 0.2) is 6.29 Å². The smallest absolute Gasteiger partial charge is 0.341 e. The zero-order chi connectivity index (χ0) is 15.4. The number of hydroxylamine groups is 1. The lowest BCUT2D eigenvalue weighted by molar-refractivity contribution is -0.187. The fourth-order valence-corrected chi connectivity index (χ4v) is 2.42. The molecule has 22 heavy (non-hydrogen) atoms. The quantitative estimate of drug-likeness (QED) is 0.882. The highest BCUT2D eigenvalue weighted by atomic mass is 16.8. The fraction of sp³-hybridized carbons (Fsp3) is 0.438. The van der Waals surface area contributed by atoms with E-state index in [1.165, 1.54) is 4.90 Å². The molecule has 3 rings (SSSR count). The third-order valence-corrected chi connectivity index (χ3v) is 3.63. The van der Waals surface area contributed by atoms with Crippen molar-refractivity contribution in [2.24, 2.45) is 0 Å². The van der Waals surface area contributed by atoms with Crippen LogP contribution < -0.4 is 5.48 Å². The van der Waals surface area contributed by atoms with Crippen molar-refractivity contribution in [3.05, 3.63) is 36.1 Å². The molecule has 1 atom stereocenters. The van der Waals surface area contributed by atoms with E-state index >= 15 is 0 Å². The van der Waals surface area contributed by atoms with Crippen molar-refractivity contribution < 1.29 is 18.8 Å². The molecule has 0 unspecified atom stereocenters. The first kappa shape index (κ1) is 14.9. The number of carbonyl (C=O) groups excluding carboxylic acids is 1. The first-order valence-electron chi connectivity index (χ1n) is 7.48. The van der Waals surface area contributed by atoms with Crippen LogP contribution in [0, 0.1) is 0 Å². The molecule has 0 radical (unpaired) electrons. The number of hydrogen-bond donors (Lipinski definition) is 1. The van der Waals surface area contributed by atoms with Crippen molar-refractivity contribution in [1.29, 1.82) is 0 Å². The Bertz CT molecular complexity index is 601. The molecule has 0 bridgehead atoms. The zero-order valence-electron chi connectivity index (χ0n) is 12.6. The number of ether oxygens (including phenoxy) is 1. The van der Waals surface area contributed by atoms with E-state index in [1.807, 2.05) is 30.3 Å². The molecule has 1 aliphatic rings. The van der Waals surface area contributed by atoms with E-state index in [0.29, 0.717) is 13.2 Å². The second-order valence-corrected chi connectivity index (χ2v) is 5.43. The number of nitrogens with one attached hydrogen (secondary N) is 1. The Balaban J connectivity index is 1.51. The van der Waals surface area contributed by atoms with Gasteiger partial charge < -0.3 is 14.1 Å². The predicted molar refractivity (Wildman–Crippen MR) is 80.9 cm³/mol. The van der Waals surface area contributed by atoms with Gasteiger partial charge in [-0.1, -0.05) is 18.2 Å². The molecule has 1 fully saturated rings. The summed E-state index contributed by atoms with van der Waals surface area (Å²) >= 11 is 0. The Kier molecular flexibility index (Phi) is 4.60. The first-order chi connectivity index (χ1) is 10.7. The highest BCUT2D eigenvalue weighted by molar-refractivity contribution is 5.78. The Hall–Kier alpha value is -2.05. The number of rotatable bonds is 4. The van der Waals surface area contributed by atoms with Crippen LogP contribution >= 0.6 is 0 Å². The lowest BCUT2D eigenvalue weighted by atomic mass is 10.2. The van der Waals surface area contributed by atoms with Gasteiger partial charge in [0, 0.05) is 25.5 Å². The number of fused-ring (bicyclic) bond motifs is 1. The molecule has 1 aromatic heterocycles. The molecule has 1 aromatic carbocycles. The number of urea groups is 1. The molecule has 1 N–H and O–H groups in total. The standard InChI is InChI=1S/C16H20N2O4/c1-18(16(19)17-22-15-8-4-5-9-20-15)11-13-10-12-6-2-3-7-14(12)21-13/h2-3,6-7,10,15H,4-5,8-9,11H2,1H3,(H,17,19)/t15-/m1/s1. The van der Waals surface area contributed by atoms with Crippen LogP contribution in [0.4, 0.5) is 4.79 Å². The summed E-state index contributed by atoms with van der Waals surface area (Å²) in [6.07, 6.45) is 2.54. The SMILES string of the molecule is CN(Cc1cc2ccccc2o1)C(=O)NO[C@@H]1CCCCO1. The van der Waals surface area contributed by atoms with E-state index in [0.717, 1.165) is 36.0 Å². The molecule has 2 heterocycles. The van der Waals surface area contributed by atoms with Crippen LogP contribution in [0.3, 0.4) is 0 Å². The normalized spacial score (nSPS) is 18.3. The third kappa shape index (κ3) is 3.58. The van der Waals surface area contributed by atoms with Crippen LogP contribution in [0.15, 0.2) is 34.7 Å². The van der Waals surface area contributed by atoms with E-state index in [2.05, 4.69) is 5.48 Å². The molecule has 2 aromatic rings. The van der Waals surface area contributed by atoms with Gasteiger partial charge in [0.25, 0.3) is 0 Å². The van der Waals surface area contributed by atoms with E-state index < -0.39 is 0 Å². The second kappa shape index (κ2) is 6.81. The molecular formula is C16H20N2O4. The molecule has 0 spiro atoms. The van der Waals surface area contributed by atoms with E-state index in [9.17, 15) is 4.79 Å². The van der Waals surface area contributed by atoms with Gasteiger partial charge in [-0.25, -0.2) is 15.1 Å². The maximum absolute atomic E-state index is 12.0. The number of nitrogens with zero attached hydrogens (tertiary/aromatic N) is 1. The van der Waals surface area contributed by atoms with E-state index in [4.69, 9.17) is 14.0 Å². The zero-order valence-corrected chi connectivity index (χ0v) is 12.6. The average Bonchev–Trinajstić information content (AvgIpc) is 2.95. The van der Waals surface area contributed by atoms with Crippen LogP contribution in [-0.4, -0.2) is 30.9 Å². The summed E-state index contributed by atoms with van der Waals surface area (Å²) in [5.41, 5.74) is 3.24. The minimum atomic E-state index is -0.350. The maximum Gasteiger partial charge on any atom is 0.341 e. The van der Waals surface area contributed by atoms with Crippen LogP contribution in [0.25, 0.3) is 11.0 Å². The molecule has 1 aliphatic heterocycles. The topological polar surface area (TPSA) is 63.9 Å². The number of para-hydroxylation sites is 1. The largest absolute Gasteiger partial charge is 0.459 e. The molecule has 0 saturated carbocycles. The first-order valence-corrected chi connectivity index (χ1v) is 7.48. The monoisotopic (exact) mass is 304 g/mol. The van der Waals surface area contributed by atoms with Crippen molar-refractivity contribution in [2.45, 2.75) is 32.1 Å².